The predicted octanol–water partition coefficient (Wildman–Crippen LogP) is 1.81. The van der Waals surface area contributed by atoms with Gasteiger partial charge >= 0.3 is 0 Å². The van der Waals surface area contributed by atoms with Gasteiger partial charge in [0, 0.05) is 0 Å². The lowest BCUT2D eigenvalue weighted by Gasteiger charge is -2.32. The van der Waals surface area contributed by atoms with Gasteiger partial charge in [-0.3, -0.25) is 4.79 Å². The number of carbonyl (C=O) groups is 1. The highest BCUT2D eigenvalue weighted by Gasteiger charge is 2.49. The molecule has 2 fully saturated rings. The minimum absolute atomic E-state index is 0.00208. The quantitative estimate of drug-likeness (QED) is 0.632. The van der Waals surface area contributed by atoms with E-state index in [1.54, 1.807) is 0 Å². The summed E-state index contributed by atoms with van der Waals surface area (Å²) in [5.41, 5.74) is 0.795. The summed E-state index contributed by atoms with van der Waals surface area (Å²) in [6.07, 6.45) is 4.20. The largest absolute Gasteiger partial charge is 0.508 e. The number of aliphatic hydroxyl groups excluding tert-OH is 1. The topological polar surface area (TPSA) is 55.8 Å². The van der Waals surface area contributed by atoms with Gasteiger partial charge in [-0.1, -0.05) is 6.58 Å². The zero-order valence-corrected chi connectivity index (χ0v) is 8.68. The molecule has 0 amide bonds. The number of aliphatic hydroxyl groups is 1. The van der Waals surface area contributed by atoms with E-state index in [9.17, 15) is 9.90 Å². The first-order chi connectivity index (χ1) is 7.68. The molecule has 1 saturated heterocycles. The lowest BCUT2D eigenvalue weighted by Crippen LogP contribution is -2.37. The Labute approximate surface area is 92.8 Å². The van der Waals surface area contributed by atoms with Crippen LogP contribution in [-0.4, -0.2) is 17.0 Å². The van der Waals surface area contributed by atoms with Crippen LogP contribution in [0.5, 0.6) is 0 Å². The van der Waals surface area contributed by atoms with Crippen molar-refractivity contribution in [1.29, 1.82) is 0 Å². The Hall–Kier alpha value is -1.55. The summed E-state index contributed by atoms with van der Waals surface area (Å²) >= 11 is 0. The van der Waals surface area contributed by atoms with Crippen molar-refractivity contribution in [2.24, 2.45) is 11.8 Å². The standard InChI is InChI=1S/C12H12O4/c1-6-11-10(16-15-6)5-2-7-8(13)3-4-9(14)12(7)11/h3-4,10-13H,1-2,5H2/t10-,11-,12-/m1/s1. The highest BCUT2D eigenvalue weighted by atomic mass is 17.2. The molecule has 0 unspecified atom stereocenters. The summed E-state index contributed by atoms with van der Waals surface area (Å²) in [5, 5.41) is 9.76. The third kappa shape index (κ3) is 1.16. The van der Waals surface area contributed by atoms with Crippen LogP contribution in [0.15, 0.2) is 35.8 Å². The lowest BCUT2D eigenvalue weighted by molar-refractivity contribution is -0.256. The van der Waals surface area contributed by atoms with Gasteiger partial charge in [-0.25, -0.2) is 0 Å². The summed E-state index contributed by atoms with van der Waals surface area (Å²) < 4.78 is 0. The lowest BCUT2D eigenvalue weighted by atomic mass is 9.69. The number of allylic oxidation sites excluding steroid dienone is 3. The molecule has 0 bridgehead atoms. The summed E-state index contributed by atoms with van der Waals surface area (Å²) in [6.45, 7) is 3.76. The summed E-state index contributed by atoms with van der Waals surface area (Å²) in [6, 6.07) is 0. The van der Waals surface area contributed by atoms with E-state index >= 15 is 0 Å². The van der Waals surface area contributed by atoms with Gasteiger partial charge in [-0.2, -0.15) is 4.89 Å². The first kappa shape index (κ1) is 9.66. The SMILES string of the molecule is C=C1OO[C@@H]2CCC3=C(O)C=CC(=O)[C@@H]3[C@H]12. The molecule has 1 heterocycles. The molecular weight excluding hydrogens is 208 g/mol. The van der Waals surface area contributed by atoms with Crippen LogP contribution in [0.1, 0.15) is 12.8 Å². The van der Waals surface area contributed by atoms with Gasteiger partial charge in [0.15, 0.2) is 5.78 Å². The molecule has 0 aromatic heterocycles. The normalized spacial score (nSPS) is 37.1. The van der Waals surface area contributed by atoms with Crippen LogP contribution in [-0.2, 0) is 14.6 Å². The number of carbonyl (C=O) groups excluding carboxylic acids is 1. The van der Waals surface area contributed by atoms with E-state index in [4.69, 9.17) is 9.78 Å². The van der Waals surface area contributed by atoms with E-state index in [0.717, 1.165) is 12.0 Å². The Morgan fingerprint density at radius 2 is 2.25 bits per heavy atom. The van der Waals surface area contributed by atoms with Crippen molar-refractivity contribution in [1.82, 2.24) is 0 Å². The first-order valence-corrected chi connectivity index (χ1v) is 5.34. The Bertz CT molecular complexity index is 432. The molecule has 3 aliphatic rings. The fraction of sp³-hybridized carbons (Fsp3) is 0.417. The van der Waals surface area contributed by atoms with Gasteiger partial charge in [0.05, 0.1) is 11.8 Å². The van der Waals surface area contributed by atoms with Crippen molar-refractivity contribution in [3.63, 3.8) is 0 Å². The molecule has 16 heavy (non-hydrogen) atoms. The van der Waals surface area contributed by atoms with Crippen molar-refractivity contribution in [2.75, 3.05) is 0 Å². The van der Waals surface area contributed by atoms with Gasteiger partial charge in [-0.05, 0) is 30.6 Å². The Morgan fingerprint density at radius 1 is 1.44 bits per heavy atom. The molecule has 0 radical (unpaired) electrons. The number of fused-ring (bicyclic) bond motifs is 3. The second-order valence-corrected chi connectivity index (χ2v) is 4.37. The molecule has 84 valence electrons. The summed E-state index contributed by atoms with van der Waals surface area (Å²) in [5.74, 6) is 0.200. The van der Waals surface area contributed by atoms with E-state index < -0.39 is 0 Å². The van der Waals surface area contributed by atoms with Crippen molar-refractivity contribution >= 4 is 5.78 Å². The molecule has 3 rings (SSSR count). The smallest absolute Gasteiger partial charge is 0.163 e. The molecule has 0 spiro atoms. The van der Waals surface area contributed by atoms with Crippen LogP contribution in [0.3, 0.4) is 0 Å². The molecule has 2 aliphatic carbocycles. The molecule has 4 heteroatoms. The van der Waals surface area contributed by atoms with Gasteiger partial charge < -0.3 is 9.99 Å². The first-order valence-electron chi connectivity index (χ1n) is 5.34. The molecule has 4 nitrogen and oxygen atoms in total. The van der Waals surface area contributed by atoms with Crippen molar-refractivity contribution in [3.8, 4) is 0 Å². The van der Waals surface area contributed by atoms with Crippen LogP contribution in [0.2, 0.25) is 0 Å². The van der Waals surface area contributed by atoms with Gasteiger partial charge in [-0.15, -0.1) is 0 Å². The van der Waals surface area contributed by atoms with Crippen molar-refractivity contribution in [2.45, 2.75) is 18.9 Å². The maximum atomic E-state index is 11.9. The molecular formula is C12H12O4. The van der Waals surface area contributed by atoms with Crippen molar-refractivity contribution in [3.05, 3.63) is 35.8 Å². The number of hydrogen-bond donors (Lipinski definition) is 1. The van der Waals surface area contributed by atoms with Gasteiger partial charge in [0.2, 0.25) is 0 Å². The Morgan fingerprint density at radius 3 is 3.06 bits per heavy atom. The van der Waals surface area contributed by atoms with E-state index in [0.29, 0.717) is 12.2 Å². The van der Waals surface area contributed by atoms with Crippen LogP contribution < -0.4 is 0 Å². The third-order valence-electron chi connectivity index (χ3n) is 3.52. The maximum absolute atomic E-state index is 11.9. The number of hydrogen-bond acceptors (Lipinski definition) is 4. The second kappa shape index (κ2) is 3.22. The number of rotatable bonds is 0. The highest BCUT2D eigenvalue weighted by Crippen LogP contribution is 2.46. The van der Waals surface area contributed by atoms with Crippen LogP contribution in [0.25, 0.3) is 0 Å². The van der Waals surface area contributed by atoms with E-state index in [1.807, 2.05) is 0 Å². The second-order valence-electron chi connectivity index (χ2n) is 4.37. The predicted molar refractivity (Wildman–Crippen MR) is 55.1 cm³/mol. The molecule has 3 atom stereocenters. The summed E-state index contributed by atoms with van der Waals surface area (Å²) in [4.78, 5) is 22.0. The Kier molecular flexibility index (Phi) is 1.94. The minimum Gasteiger partial charge on any atom is -0.508 e. The van der Waals surface area contributed by atoms with Crippen LogP contribution in [0.4, 0.5) is 0 Å². The number of ketones is 1. The Balaban J connectivity index is 2.05. The zero-order chi connectivity index (χ0) is 11.3. The minimum atomic E-state index is -0.348. The maximum Gasteiger partial charge on any atom is 0.163 e. The summed E-state index contributed by atoms with van der Waals surface area (Å²) in [7, 11) is 0. The zero-order valence-electron chi connectivity index (χ0n) is 8.68. The van der Waals surface area contributed by atoms with E-state index in [1.165, 1.54) is 12.2 Å². The van der Waals surface area contributed by atoms with Crippen LogP contribution in [0, 0.1) is 11.8 Å². The molecule has 1 aliphatic heterocycles. The monoisotopic (exact) mass is 220 g/mol. The average Bonchev–Trinajstić information content (AvgIpc) is 2.66. The van der Waals surface area contributed by atoms with E-state index in [-0.39, 0.29) is 29.5 Å². The van der Waals surface area contributed by atoms with Gasteiger partial charge in [0.1, 0.15) is 17.6 Å². The average molecular weight is 220 g/mol. The van der Waals surface area contributed by atoms with Crippen LogP contribution >= 0.6 is 0 Å². The van der Waals surface area contributed by atoms with Gasteiger partial charge in [0.25, 0.3) is 0 Å². The third-order valence-corrected chi connectivity index (χ3v) is 3.52. The molecule has 0 aromatic carbocycles. The molecule has 1 saturated carbocycles. The fourth-order valence-corrected chi connectivity index (χ4v) is 2.75. The highest BCUT2D eigenvalue weighted by molar-refractivity contribution is 5.96. The fourth-order valence-electron chi connectivity index (χ4n) is 2.75. The van der Waals surface area contributed by atoms with E-state index in [2.05, 4.69) is 6.58 Å². The molecule has 0 aromatic rings. The van der Waals surface area contributed by atoms with Crippen molar-refractivity contribution < 1.29 is 19.7 Å². The molecule has 1 N–H and O–H groups in total.